The van der Waals surface area contributed by atoms with Gasteiger partial charge < -0.3 is 0 Å². The molecule has 0 aliphatic carbocycles. The lowest BCUT2D eigenvalue weighted by Gasteiger charge is -2.85. The van der Waals surface area contributed by atoms with E-state index >= 15 is 0 Å². The van der Waals surface area contributed by atoms with Gasteiger partial charge in [-0.05, 0) is 74.3 Å². The van der Waals surface area contributed by atoms with E-state index in [1.54, 1.807) is 0 Å². The van der Waals surface area contributed by atoms with Gasteiger partial charge in [-0.2, -0.15) is 0 Å². The van der Waals surface area contributed by atoms with E-state index in [-0.39, 0.29) is 60.5 Å². The first-order chi connectivity index (χ1) is 24.2. The fourth-order valence-electron chi connectivity index (χ4n) is 21.3. The second kappa shape index (κ2) is 15.4. The molecule has 0 aromatic heterocycles. The first-order valence-corrected chi connectivity index (χ1v) is 52.6. The highest BCUT2D eigenvalue weighted by Crippen LogP contribution is 2.81. The van der Waals surface area contributed by atoms with Crippen LogP contribution in [0.1, 0.15) is 249 Å². The van der Waals surface area contributed by atoms with Crippen LogP contribution in [-0.4, -0.2) is 52.5 Å². The van der Waals surface area contributed by atoms with Crippen LogP contribution in [0.5, 0.6) is 0 Å². The van der Waals surface area contributed by atoms with Gasteiger partial charge in [-0.25, -0.2) is 0 Å². The summed E-state index contributed by atoms with van der Waals surface area (Å²) in [4.78, 5) is 0. The van der Waals surface area contributed by atoms with E-state index in [9.17, 15) is 0 Å². The largest absolute Gasteiger partial charge is 0.125 e. The topological polar surface area (TPSA) is 0 Å². The zero-order valence-corrected chi connectivity index (χ0v) is 59.1. The molecule has 0 spiro atoms. The second-order valence-corrected chi connectivity index (χ2v) is 138. The molecule has 0 amide bonds. The van der Waals surface area contributed by atoms with Crippen LogP contribution in [0.15, 0.2) is 0 Å². The molecule has 0 radical (unpaired) electrons. The van der Waals surface area contributed by atoms with Gasteiger partial charge >= 0.3 is 0 Å². The van der Waals surface area contributed by atoms with Crippen LogP contribution in [0.4, 0.5) is 0 Å². The summed E-state index contributed by atoms with van der Waals surface area (Å²) >= 11 is 7.61. The summed E-state index contributed by atoms with van der Waals surface area (Å²) in [6.07, 6.45) is 0. The van der Waals surface area contributed by atoms with Crippen LogP contribution < -0.4 is 0 Å². The maximum Gasteiger partial charge on any atom is 0.123 e. The molecule has 1 heterocycles. The fourth-order valence-corrected chi connectivity index (χ4v) is 585. The minimum atomic E-state index is -2.39. The zero-order chi connectivity index (χ0) is 48.2. The van der Waals surface area contributed by atoms with Crippen molar-refractivity contribution in [2.75, 3.05) is 0 Å². The molecule has 10 heteroatoms. The van der Waals surface area contributed by atoms with Crippen LogP contribution in [0.3, 0.4) is 0 Å². The smallest absolute Gasteiger partial charge is 0.123 e. The van der Waals surface area contributed by atoms with Gasteiger partial charge in [0.05, 0.1) is 30.4 Å². The number of hydrogen-bond donors (Lipinski definition) is 0. The van der Waals surface area contributed by atoms with E-state index in [4.69, 9.17) is 0 Å². The molecule has 1 rings (SSSR count). The van der Waals surface area contributed by atoms with Gasteiger partial charge in [0.2, 0.25) is 0 Å². The number of halogens is 2. The first kappa shape index (κ1) is 59.2. The van der Waals surface area contributed by atoms with Gasteiger partial charge in [0.15, 0.2) is 0 Å². The molecule has 0 nitrogen and oxygen atoms in total. The summed E-state index contributed by atoms with van der Waals surface area (Å²) in [5, 5.41) is 3.26. The van der Waals surface area contributed by atoms with E-state index < -0.39 is 52.5 Å². The maximum absolute atomic E-state index is 3.81. The molecule has 0 aromatic rings. The molecule has 58 heavy (non-hydrogen) atoms. The van der Waals surface area contributed by atoms with Crippen molar-refractivity contribution in [2.24, 2.45) is 0 Å². The quantitative estimate of drug-likeness (QED) is 0.150. The van der Waals surface area contributed by atoms with Gasteiger partial charge in [-0.15, -0.1) is 43.6 Å². The molecule has 1 aliphatic heterocycles. The minimum Gasteiger partial charge on any atom is -0.125 e. The summed E-state index contributed by atoms with van der Waals surface area (Å²) in [5.74, 6) is 0. The Labute approximate surface area is 401 Å². The molecule has 0 unspecified atom stereocenters. The SMILES string of the molecule is CC(C)(C)[Si]([Si]1=[Si]([Si](C(C)(C)C)(C(C)(C)C)C(C)(C)C)[Si@@](I)([Si](C(C)(C)C)(C(C)(C)C)C(C)(C)C)[Si@]1(I)[Si](C(C)(C)C)(C(C)(C)C)C(C)(C)C)(C(C)(C)C)C(C)(C)C. The lowest BCUT2D eigenvalue weighted by Crippen LogP contribution is -3.09. The van der Waals surface area contributed by atoms with E-state index in [1.165, 1.54) is 0 Å². The Bertz CT molecular complexity index is 1290. The monoisotopic (exact) mass is 1160 g/mol. The standard InChI is InChI=1S/C48H108I2Si8/c1-37(2,3)53(38(4,5)6,39(7,8)9)51-52(54(40(10,11)12,41(13,14)15)42(16,17)18)58(50,56(46(28,29)30,47(31,32)33)48(34,35)36)57(51,49)55(43(19,20)21,44(22,23)24)45(25,26)27/h1-36H3/t57-,58-/m0/s1. The third-order valence-electron chi connectivity index (χ3n) is 16.7. The van der Waals surface area contributed by atoms with E-state index in [1.807, 2.05) is 0 Å². The second-order valence-electron chi connectivity index (χ2n) is 32.1. The fraction of sp³-hybridized carbons (Fsp3) is 1.00. The van der Waals surface area contributed by atoms with Crippen molar-refractivity contribution in [3.63, 3.8) is 0 Å². The third kappa shape index (κ3) is 7.26. The molecule has 0 aromatic carbocycles. The summed E-state index contributed by atoms with van der Waals surface area (Å²) in [6.45, 7) is 101. The Kier molecular flexibility index (Phi) is 15.7. The number of rotatable bonds is 4. The Hall–Kier alpha value is 3.20. The number of hydrogen-bond acceptors (Lipinski definition) is 0. The normalized spacial score (nSPS) is 23.1. The first-order valence-electron chi connectivity index (χ1n) is 23.4. The van der Waals surface area contributed by atoms with Crippen LogP contribution >= 0.6 is 43.6 Å². The molecule has 0 saturated heterocycles. The summed E-state index contributed by atoms with van der Waals surface area (Å²) in [5.41, 5.74) is 0. The van der Waals surface area contributed by atoms with Gasteiger partial charge in [0, 0.05) is 0 Å². The predicted molar refractivity (Wildman–Crippen MR) is 311 cm³/mol. The highest BCUT2D eigenvalue weighted by Gasteiger charge is 2.94. The molecular formula is C48H108I2Si8. The lowest BCUT2D eigenvalue weighted by atomic mass is 10.2. The van der Waals surface area contributed by atoms with Gasteiger partial charge in [-0.1, -0.05) is 249 Å². The van der Waals surface area contributed by atoms with Crippen molar-refractivity contribution < 1.29 is 0 Å². The third-order valence-corrected chi connectivity index (χ3v) is 289. The average molecular weight is 1160 g/mol. The van der Waals surface area contributed by atoms with Crippen LogP contribution in [0.2, 0.25) is 60.5 Å². The Balaban J connectivity index is 6.47. The summed E-state index contributed by atoms with van der Waals surface area (Å²) in [6, 6.07) is 0. The van der Waals surface area contributed by atoms with Crippen LogP contribution in [-0.2, 0) is 0 Å². The summed E-state index contributed by atoms with van der Waals surface area (Å²) in [7, 11) is -9.43. The molecule has 1 aliphatic rings. The van der Waals surface area contributed by atoms with E-state index in [0.717, 1.165) is 0 Å². The Morgan fingerprint density at radius 3 is 0.397 bits per heavy atom. The zero-order valence-electron chi connectivity index (χ0n) is 46.8. The van der Waals surface area contributed by atoms with E-state index in [2.05, 4.69) is 293 Å². The molecular weight excluding hydrogens is 1060 g/mol. The Morgan fingerprint density at radius 2 is 0.328 bits per heavy atom. The summed E-state index contributed by atoms with van der Waals surface area (Å²) < 4.78 is -4.73. The molecule has 0 bridgehead atoms. The molecule has 2 atom stereocenters. The lowest BCUT2D eigenvalue weighted by molar-refractivity contribution is 0.549. The van der Waals surface area contributed by atoms with Gasteiger partial charge in [0.1, 0.15) is 8.25 Å². The highest BCUT2D eigenvalue weighted by molar-refractivity contribution is 14.2. The van der Waals surface area contributed by atoms with Crippen molar-refractivity contribution in [3.05, 3.63) is 0 Å². The van der Waals surface area contributed by atoms with Crippen molar-refractivity contribution in [1.82, 2.24) is 0 Å². The predicted octanol–water partition coefficient (Wildman–Crippen LogP) is 19.8. The minimum absolute atomic E-state index is 0.265. The molecule has 346 valence electrons. The molecule has 0 saturated carbocycles. The maximum atomic E-state index is 3.81. The van der Waals surface area contributed by atoms with Crippen LogP contribution in [0, 0.1) is 0 Å². The van der Waals surface area contributed by atoms with Crippen molar-refractivity contribution in [2.45, 2.75) is 310 Å². The van der Waals surface area contributed by atoms with Gasteiger partial charge in [0.25, 0.3) is 0 Å². The molecule has 0 N–H and O–H groups in total. The van der Waals surface area contributed by atoms with E-state index in [0.29, 0.717) is 0 Å². The van der Waals surface area contributed by atoms with Crippen molar-refractivity contribution in [3.8, 4) is 0 Å². The highest BCUT2D eigenvalue weighted by atomic mass is 127. The molecule has 0 fully saturated rings. The van der Waals surface area contributed by atoms with Crippen molar-refractivity contribution in [1.29, 1.82) is 0 Å². The van der Waals surface area contributed by atoms with Crippen LogP contribution in [0.25, 0.3) is 0 Å². The Morgan fingerprint density at radius 1 is 0.224 bits per heavy atom. The average Bonchev–Trinajstić information content (AvgIpc) is 2.75. The van der Waals surface area contributed by atoms with Gasteiger partial charge in [-0.3, -0.25) is 0 Å². The van der Waals surface area contributed by atoms with Crippen molar-refractivity contribution >= 4 is 96.1 Å².